The molecule has 0 amide bonds. The van der Waals surface area contributed by atoms with Gasteiger partial charge in [0.15, 0.2) is 0 Å². The molecule has 0 saturated carbocycles. The number of ether oxygens (including phenoxy) is 1. The SMILES string of the molecule is CCCCOc1ccc(-n2oc(=O)n(CSP(=S)(Oc3cccc(C(C)C)c3)SCCC)c2=O)cc1. The van der Waals surface area contributed by atoms with E-state index in [9.17, 15) is 9.59 Å². The highest BCUT2D eigenvalue weighted by atomic mass is 33.2. The molecular weight excluding hydrogens is 535 g/mol. The van der Waals surface area contributed by atoms with E-state index in [1.54, 1.807) is 35.6 Å². The summed E-state index contributed by atoms with van der Waals surface area (Å²) < 4.78 is 16.8. The zero-order valence-electron chi connectivity index (χ0n) is 21.0. The molecule has 0 fully saturated rings. The van der Waals surface area contributed by atoms with Crippen molar-refractivity contribution in [3.05, 3.63) is 75.1 Å². The van der Waals surface area contributed by atoms with Gasteiger partial charge in [-0.2, -0.15) is 0 Å². The van der Waals surface area contributed by atoms with Gasteiger partial charge in [-0.05, 0) is 72.5 Å². The van der Waals surface area contributed by atoms with Crippen LogP contribution in [-0.2, 0) is 17.7 Å². The predicted octanol–water partition coefficient (Wildman–Crippen LogP) is 7.03. The second-order valence-electron chi connectivity index (χ2n) is 8.42. The van der Waals surface area contributed by atoms with Crippen LogP contribution in [0.1, 0.15) is 58.4 Å². The maximum Gasteiger partial charge on any atom is 0.443 e. The minimum atomic E-state index is -2.50. The Morgan fingerprint density at radius 1 is 1.03 bits per heavy atom. The monoisotopic (exact) mass is 568 g/mol. The molecule has 1 aromatic heterocycles. The topological polar surface area (TPSA) is 75.6 Å². The Morgan fingerprint density at radius 3 is 2.44 bits per heavy atom. The molecule has 2 aromatic carbocycles. The highest BCUT2D eigenvalue weighted by Gasteiger charge is 2.24. The summed E-state index contributed by atoms with van der Waals surface area (Å²) >= 11 is 8.84. The molecule has 0 aliphatic rings. The molecule has 36 heavy (non-hydrogen) atoms. The fraction of sp³-hybridized carbons (Fsp3) is 0.440. The minimum Gasteiger partial charge on any atom is -0.494 e. The van der Waals surface area contributed by atoms with E-state index in [1.165, 1.54) is 11.4 Å². The summed E-state index contributed by atoms with van der Waals surface area (Å²) in [6.07, 6.45) is 2.95. The van der Waals surface area contributed by atoms with E-state index in [2.05, 4.69) is 33.8 Å². The molecule has 0 N–H and O–H groups in total. The Balaban J connectivity index is 1.77. The third kappa shape index (κ3) is 7.81. The van der Waals surface area contributed by atoms with Gasteiger partial charge in [0.1, 0.15) is 11.5 Å². The van der Waals surface area contributed by atoms with Gasteiger partial charge in [-0.25, -0.2) is 14.2 Å². The minimum absolute atomic E-state index is 0.0459. The van der Waals surface area contributed by atoms with E-state index in [0.29, 0.717) is 29.7 Å². The lowest BCUT2D eigenvalue weighted by molar-refractivity contribution is 0.306. The Hall–Kier alpha value is -1.87. The van der Waals surface area contributed by atoms with Gasteiger partial charge in [0.05, 0.1) is 18.2 Å². The maximum absolute atomic E-state index is 13.0. The summed E-state index contributed by atoms with van der Waals surface area (Å²) in [7, 11) is 0. The van der Waals surface area contributed by atoms with Crippen molar-refractivity contribution < 1.29 is 13.8 Å². The van der Waals surface area contributed by atoms with Crippen LogP contribution >= 0.6 is 27.4 Å². The largest absolute Gasteiger partial charge is 0.494 e. The Morgan fingerprint density at radius 2 is 1.78 bits per heavy atom. The van der Waals surface area contributed by atoms with Crippen LogP contribution in [0, 0.1) is 0 Å². The molecule has 3 rings (SSSR count). The molecule has 0 saturated heterocycles. The molecule has 1 atom stereocenters. The number of benzene rings is 2. The van der Waals surface area contributed by atoms with Gasteiger partial charge in [-0.15, -0.1) is 4.74 Å². The van der Waals surface area contributed by atoms with Crippen LogP contribution in [0.3, 0.4) is 0 Å². The van der Waals surface area contributed by atoms with Gasteiger partial charge in [-0.3, -0.25) is 0 Å². The number of rotatable bonds is 14. The summed E-state index contributed by atoms with van der Waals surface area (Å²) in [5, 5.41) is 0. The van der Waals surface area contributed by atoms with E-state index in [0.717, 1.165) is 39.9 Å². The summed E-state index contributed by atoms with van der Waals surface area (Å²) in [4.78, 5) is 25.6. The van der Waals surface area contributed by atoms with Gasteiger partial charge in [0.2, 0.25) is 4.67 Å². The molecule has 1 unspecified atom stereocenters. The summed E-state index contributed by atoms with van der Waals surface area (Å²) in [6.45, 7) is 9.06. The first-order chi connectivity index (χ1) is 17.3. The Kier molecular flexibility index (Phi) is 10.8. The first-order valence-electron chi connectivity index (χ1n) is 12.0. The van der Waals surface area contributed by atoms with Crippen LogP contribution in [0.25, 0.3) is 5.69 Å². The average molecular weight is 569 g/mol. The third-order valence-corrected chi connectivity index (χ3v) is 14.5. The molecular formula is C25H33N2O5PS3. The van der Waals surface area contributed by atoms with Crippen molar-refractivity contribution >= 4 is 39.2 Å². The molecule has 1 heterocycles. The standard InChI is InChI=1S/C25H33N2O5PS3/c1-5-7-15-30-22-13-11-21(12-14-22)27-24(28)26(25(29)31-27)18-36-33(34,35-16-6-2)32-23-10-8-9-20(17-23)19(3)4/h8-14,17,19H,5-7,15-16,18H2,1-4H3. The summed E-state index contributed by atoms with van der Waals surface area (Å²) in [6, 6.07) is 14.8. The quantitative estimate of drug-likeness (QED) is 0.152. The first kappa shape index (κ1) is 28.7. The lowest BCUT2D eigenvalue weighted by Gasteiger charge is -2.22. The van der Waals surface area contributed by atoms with Crippen molar-refractivity contribution in [2.75, 3.05) is 12.4 Å². The van der Waals surface area contributed by atoms with E-state index < -0.39 is 16.1 Å². The van der Waals surface area contributed by atoms with E-state index >= 15 is 0 Å². The number of hydrogen-bond acceptors (Lipinski definition) is 8. The van der Waals surface area contributed by atoms with Crippen LogP contribution < -0.4 is 20.7 Å². The second kappa shape index (κ2) is 13.6. The fourth-order valence-corrected chi connectivity index (χ4v) is 10.7. The van der Waals surface area contributed by atoms with Crippen molar-refractivity contribution in [1.82, 2.24) is 9.31 Å². The van der Waals surface area contributed by atoms with Crippen LogP contribution in [-0.4, -0.2) is 21.7 Å². The van der Waals surface area contributed by atoms with Gasteiger partial charge in [0.25, 0.3) is 0 Å². The van der Waals surface area contributed by atoms with Crippen molar-refractivity contribution in [1.29, 1.82) is 0 Å². The van der Waals surface area contributed by atoms with Crippen molar-refractivity contribution in [3.63, 3.8) is 0 Å². The van der Waals surface area contributed by atoms with Gasteiger partial charge < -0.3 is 13.8 Å². The Labute approximate surface area is 225 Å². The van der Waals surface area contributed by atoms with Crippen molar-refractivity contribution in [3.8, 4) is 17.2 Å². The molecule has 0 bridgehead atoms. The highest BCUT2D eigenvalue weighted by Crippen LogP contribution is 2.69. The van der Waals surface area contributed by atoms with Gasteiger partial charge >= 0.3 is 11.4 Å². The lowest BCUT2D eigenvalue weighted by atomic mass is 10.0. The fourth-order valence-electron chi connectivity index (χ4n) is 3.12. The number of nitrogens with zero attached hydrogens (tertiary/aromatic N) is 2. The third-order valence-electron chi connectivity index (χ3n) is 5.17. The number of aromatic nitrogens is 2. The maximum atomic E-state index is 13.0. The molecule has 0 spiro atoms. The van der Waals surface area contributed by atoms with Crippen LogP contribution in [0.5, 0.6) is 11.5 Å². The number of unbranched alkanes of at least 4 members (excludes halogenated alkanes) is 1. The lowest BCUT2D eigenvalue weighted by Crippen LogP contribution is -2.27. The van der Waals surface area contributed by atoms with Crippen LogP contribution in [0.4, 0.5) is 0 Å². The highest BCUT2D eigenvalue weighted by molar-refractivity contribution is 8.99. The molecule has 0 radical (unpaired) electrons. The summed E-state index contributed by atoms with van der Waals surface area (Å²) in [5.41, 5.74) is 1.05. The van der Waals surface area contributed by atoms with Crippen LogP contribution in [0.15, 0.2) is 62.6 Å². The first-order valence-corrected chi connectivity index (χ1v) is 17.9. The molecule has 0 aliphatic carbocycles. The molecule has 3 aromatic rings. The molecule has 7 nitrogen and oxygen atoms in total. The van der Waals surface area contributed by atoms with Crippen molar-refractivity contribution in [2.45, 2.75) is 58.8 Å². The second-order valence-corrected chi connectivity index (χ2v) is 18.9. The molecule has 0 aliphatic heterocycles. The van der Waals surface area contributed by atoms with Gasteiger partial charge in [0, 0.05) is 5.75 Å². The molecule has 11 heteroatoms. The smallest absolute Gasteiger partial charge is 0.443 e. The normalized spacial score (nSPS) is 13.0. The predicted molar refractivity (Wildman–Crippen MR) is 155 cm³/mol. The Bertz CT molecular complexity index is 1280. The van der Waals surface area contributed by atoms with E-state index in [4.69, 9.17) is 25.6 Å². The van der Waals surface area contributed by atoms with Gasteiger partial charge in [-0.1, -0.05) is 69.0 Å². The van der Waals surface area contributed by atoms with E-state index in [-0.39, 0.29) is 5.88 Å². The summed E-state index contributed by atoms with van der Waals surface area (Å²) in [5.74, 6) is 1.90. The van der Waals surface area contributed by atoms with E-state index in [1.807, 2.05) is 18.2 Å². The van der Waals surface area contributed by atoms with Crippen LogP contribution in [0.2, 0.25) is 0 Å². The van der Waals surface area contributed by atoms with Crippen molar-refractivity contribution in [2.24, 2.45) is 0 Å². The zero-order chi connectivity index (χ0) is 26.1. The number of hydrogen-bond donors (Lipinski definition) is 0. The average Bonchev–Trinajstić information content (AvgIpc) is 3.15. The zero-order valence-corrected chi connectivity index (χ0v) is 24.4. The molecule has 196 valence electrons.